The molecule has 1 atom stereocenters. The maximum Gasteiger partial charge on any atom is 0.281 e. The largest absolute Gasteiger partial charge is 0.308 e. The van der Waals surface area contributed by atoms with Crippen LogP contribution in [0.1, 0.15) is 30.1 Å². The third kappa shape index (κ3) is 4.22. The van der Waals surface area contributed by atoms with Gasteiger partial charge < -0.3 is 4.98 Å². The molecule has 3 heterocycles. The average molecular weight is 503 g/mol. The SMILES string of the molecule is O=c1[nH]c(C2CCCN(S(=O)(=O)c3ccccc3F)C2)nc2c1nnn2Cc1cccc(Cl)c1. The number of rotatable bonds is 5. The summed E-state index contributed by atoms with van der Waals surface area (Å²) in [5.74, 6) is -0.823. The number of hydrogen-bond acceptors (Lipinski definition) is 6. The molecular formula is C22H20ClFN6O3S. The van der Waals surface area contributed by atoms with E-state index in [9.17, 15) is 17.6 Å². The first-order valence-electron chi connectivity index (χ1n) is 10.7. The summed E-state index contributed by atoms with van der Waals surface area (Å²) in [7, 11) is -4.03. The molecule has 176 valence electrons. The second kappa shape index (κ2) is 8.90. The lowest BCUT2D eigenvalue weighted by Gasteiger charge is -2.31. The molecule has 1 saturated heterocycles. The summed E-state index contributed by atoms with van der Waals surface area (Å²) in [4.78, 5) is 19.7. The summed E-state index contributed by atoms with van der Waals surface area (Å²) in [6.07, 6.45) is 1.16. The standard InChI is InChI=1S/C22H20ClFN6O3S/c23-16-7-3-5-14(11-16)12-30-21-19(27-28-30)22(31)26-20(25-21)15-6-4-10-29(13-15)34(32,33)18-9-2-1-8-17(18)24/h1-3,5,7-9,11,15H,4,6,10,12-13H2,(H,25,26,31). The number of H-pyrrole nitrogens is 1. The van der Waals surface area contributed by atoms with Gasteiger partial charge in [0.05, 0.1) is 6.54 Å². The van der Waals surface area contributed by atoms with Crippen molar-refractivity contribution in [3.63, 3.8) is 0 Å². The van der Waals surface area contributed by atoms with Crippen molar-refractivity contribution in [2.45, 2.75) is 30.2 Å². The van der Waals surface area contributed by atoms with E-state index < -0.39 is 21.4 Å². The quantitative estimate of drug-likeness (QED) is 0.449. The molecule has 1 aliphatic rings. The molecule has 0 amide bonds. The fraction of sp³-hybridized carbons (Fsp3) is 0.273. The van der Waals surface area contributed by atoms with Crippen LogP contribution in [-0.4, -0.2) is 50.8 Å². The Kier molecular flexibility index (Phi) is 5.92. The van der Waals surface area contributed by atoms with E-state index in [0.29, 0.717) is 35.9 Å². The number of halogens is 2. The third-order valence-corrected chi connectivity index (χ3v) is 7.97. The minimum atomic E-state index is -4.03. The van der Waals surface area contributed by atoms with Crippen molar-refractivity contribution in [2.24, 2.45) is 0 Å². The molecule has 5 rings (SSSR count). The van der Waals surface area contributed by atoms with Crippen molar-refractivity contribution < 1.29 is 12.8 Å². The number of hydrogen-bond donors (Lipinski definition) is 1. The fourth-order valence-corrected chi connectivity index (χ4v) is 5.97. The van der Waals surface area contributed by atoms with Crippen molar-refractivity contribution in [3.05, 3.63) is 81.1 Å². The maximum atomic E-state index is 14.2. The van der Waals surface area contributed by atoms with E-state index in [0.717, 1.165) is 11.6 Å². The van der Waals surface area contributed by atoms with Gasteiger partial charge >= 0.3 is 0 Å². The number of aromatic amines is 1. The van der Waals surface area contributed by atoms with Gasteiger partial charge in [-0.05, 0) is 42.7 Å². The molecule has 0 spiro atoms. The zero-order valence-corrected chi connectivity index (χ0v) is 19.4. The Balaban J connectivity index is 1.47. The summed E-state index contributed by atoms with van der Waals surface area (Å²) >= 11 is 6.07. The molecule has 1 aliphatic heterocycles. The highest BCUT2D eigenvalue weighted by Crippen LogP contribution is 2.29. The maximum absolute atomic E-state index is 14.2. The zero-order valence-electron chi connectivity index (χ0n) is 17.9. The number of piperidine rings is 1. The Hall–Kier alpha value is -3.15. The van der Waals surface area contributed by atoms with E-state index in [2.05, 4.69) is 20.3 Å². The first-order chi connectivity index (χ1) is 16.3. The van der Waals surface area contributed by atoms with Gasteiger partial charge in [-0.2, -0.15) is 4.31 Å². The molecule has 0 bridgehead atoms. The van der Waals surface area contributed by atoms with E-state index in [1.165, 1.54) is 27.2 Å². The molecular weight excluding hydrogens is 483 g/mol. The van der Waals surface area contributed by atoms with Crippen LogP contribution < -0.4 is 5.56 Å². The van der Waals surface area contributed by atoms with Crippen molar-refractivity contribution in [1.29, 1.82) is 0 Å². The molecule has 4 aromatic rings. The summed E-state index contributed by atoms with van der Waals surface area (Å²) in [6.45, 7) is 0.639. The van der Waals surface area contributed by atoms with Crippen LogP contribution in [0.5, 0.6) is 0 Å². The number of nitrogens with zero attached hydrogens (tertiary/aromatic N) is 5. The van der Waals surface area contributed by atoms with E-state index in [1.54, 1.807) is 12.1 Å². The predicted molar refractivity (Wildman–Crippen MR) is 124 cm³/mol. The lowest BCUT2D eigenvalue weighted by molar-refractivity contribution is 0.308. The average Bonchev–Trinajstić information content (AvgIpc) is 3.22. The Bertz CT molecular complexity index is 1540. The van der Waals surface area contributed by atoms with Gasteiger partial charge in [0.25, 0.3) is 5.56 Å². The van der Waals surface area contributed by atoms with E-state index in [4.69, 9.17) is 11.6 Å². The molecule has 2 aromatic carbocycles. The van der Waals surface area contributed by atoms with E-state index in [-0.39, 0.29) is 29.4 Å². The number of aromatic nitrogens is 5. The van der Waals surface area contributed by atoms with Gasteiger partial charge in [0.2, 0.25) is 10.0 Å². The van der Waals surface area contributed by atoms with Gasteiger partial charge in [0, 0.05) is 24.0 Å². The summed E-state index contributed by atoms with van der Waals surface area (Å²) in [5.41, 5.74) is 0.805. The Morgan fingerprint density at radius 1 is 1.18 bits per heavy atom. The van der Waals surface area contributed by atoms with Crippen molar-refractivity contribution >= 4 is 32.8 Å². The first kappa shape index (κ1) is 22.6. The summed E-state index contributed by atoms with van der Waals surface area (Å²) in [5, 5.41) is 8.59. The van der Waals surface area contributed by atoms with Gasteiger partial charge in [-0.1, -0.05) is 41.1 Å². The normalized spacial score (nSPS) is 17.3. The van der Waals surface area contributed by atoms with Crippen molar-refractivity contribution in [1.82, 2.24) is 29.3 Å². The van der Waals surface area contributed by atoms with Crippen LogP contribution >= 0.6 is 11.6 Å². The Labute approximate surface area is 199 Å². The predicted octanol–water partition coefficient (Wildman–Crippen LogP) is 2.92. The van der Waals surface area contributed by atoms with Gasteiger partial charge in [0.1, 0.15) is 16.5 Å². The van der Waals surface area contributed by atoms with Crippen LogP contribution in [0.2, 0.25) is 5.02 Å². The molecule has 34 heavy (non-hydrogen) atoms. The topological polar surface area (TPSA) is 114 Å². The second-order valence-electron chi connectivity index (χ2n) is 8.13. The number of benzene rings is 2. The second-order valence-corrected chi connectivity index (χ2v) is 10.5. The van der Waals surface area contributed by atoms with Gasteiger partial charge in [-0.25, -0.2) is 22.5 Å². The molecule has 12 heteroatoms. The molecule has 0 aliphatic carbocycles. The lowest BCUT2D eigenvalue weighted by Crippen LogP contribution is -2.40. The van der Waals surface area contributed by atoms with Crippen LogP contribution in [0.3, 0.4) is 0 Å². The highest BCUT2D eigenvalue weighted by atomic mass is 35.5. The highest BCUT2D eigenvalue weighted by Gasteiger charge is 2.33. The number of sulfonamides is 1. The molecule has 1 fully saturated rings. The van der Waals surface area contributed by atoms with Crippen LogP contribution in [0.4, 0.5) is 4.39 Å². The molecule has 2 aromatic heterocycles. The monoisotopic (exact) mass is 502 g/mol. The van der Waals surface area contributed by atoms with Gasteiger partial charge in [0.15, 0.2) is 11.2 Å². The van der Waals surface area contributed by atoms with E-state index >= 15 is 0 Å². The molecule has 9 nitrogen and oxygen atoms in total. The fourth-order valence-electron chi connectivity index (χ4n) is 4.17. The Morgan fingerprint density at radius 2 is 2.00 bits per heavy atom. The van der Waals surface area contributed by atoms with Gasteiger partial charge in [-0.3, -0.25) is 4.79 Å². The van der Waals surface area contributed by atoms with Crippen LogP contribution in [0.15, 0.2) is 58.2 Å². The number of fused-ring (bicyclic) bond motifs is 1. The van der Waals surface area contributed by atoms with Gasteiger partial charge in [-0.15, -0.1) is 5.10 Å². The minimum absolute atomic E-state index is 0.0704. The molecule has 1 N–H and O–H groups in total. The molecule has 0 saturated carbocycles. The highest BCUT2D eigenvalue weighted by molar-refractivity contribution is 7.89. The van der Waals surface area contributed by atoms with Crippen molar-refractivity contribution in [2.75, 3.05) is 13.1 Å². The molecule has 0 radical (unpaired) electrons. The zero-order chi connectivity index (χ0) is 23.9. The van der Waals surface area contributed by atoms with E-state index in [1.807, 2.05) is 12.1 Å². The Morgan fingerprint density at radius 3 is 2.79 bits per heavy atom. The van der Waals surface area contributed by atoms with Crippen LogP contribution in [0, 0.1) is 5.82 Å². The van der Waals surface area contributed by atoms with Crippen molar-refractivity contribution in [3.8, 4) is 0 Å². The summed E-state index contributed by atoms with van der Waals surface area (Å²) in [6, 6.07) is 12.5. The van der Waals surface area contributed by atoms with Crippen LogP contribution in [0.25, 0.3) is 11.2 Å². The smallest absolute Gasteiger partial charge is 0.281 e. The lowest BCUT2D eigenvalue weighted by atomic mass is 9.99. The first-order valence-corrected chi connectivity index (χ1v) is 12.5. The number of nitrogens with one attached hydrogen (secondary N) is 1. The van der Waals surface area contributed by atoms with Crippen LogP contribution in [-0.2, 0) is 16.6 Å². The third-order valence-electron chi connectivity index (χ3n) is 5.84. The molecule has 1 unspecified atom stereocenters. The minimum Gasteiger partial charge on any atom is -0.308 e. The summed E-state index contributed by atoms with van der Waals surface area (Å²) < 4.78 is 43.1.